The number of pyridine rings is 1. The van der Waals surface area contributed by atoms with Gasteiger partial charge in [0.2, 0.25) is 0 Å². The molecule has 1 aromatic rings. The maximum Gasteiger partial charge on any atom is 0.161 e. The van der Waals surface area contributed by atoms with E-state index in [1.807, 2.05) is 0 Å². The normalized spacial score (nSPS) is 26.4. The fraction of sp³-hybridized carbons (Fsp3) is 0.615. The van der Waals surface area contributed by atoms with Crippen LogP contribution in [0, 0.1) is 0 Å². The molecule has 0 saturated carbocycles. The first-order valence-corrected chi connectivity index (χ1v) is 7.78. The number of hydrazine groups is 1. The van der Waals surface area contributed by atoms with E-state index in [0.29, 0.717) is 33.8 Å². The lowest BCUT2D eigenvalue weighted by atomic mass is 9.99. The number of piperidine rings is 1. The van der Waals surface area contributed by atoms with Crippen molar-refractivity contribution in [3.8, 4) is 0 Å². The van der Waals surface area contributed by atoms with Crippen molar-refractivity contribution in [2.24, 2.45) is 5.84 Å². The van der Waals surface area contributed by atoms with Gasteiger partial charge in [-0.2, -0.15) is 0 Å². The fourth-order valence-corrected chi connectivity index (χ4v) is 3.73. The molecule has 110 valence electrons. The van der Waals surface area contributed by atoms with Gasteiger partial charge in [-0.1, -0.05) is 29.6 Å². The maximum atomic E-state index is 6.22. The van der Waals surface area contributed by atoms with Gasteiger partial charge in [-0.3, -0.25) is 4.90 Å². The summed E-state index contributed by atoms with van der Waals surface area (Å²) in [7, 11) is 0. The van der Waals surface area contributed by atoms with E-state index in [2.05, 4.69) is 20.6 Å². The Morgan fingerprint density at radius 2 is 1.95 bits per heavy atom. The molecule has 0 amide bonds. The van der Waals surface area contributed by atoms with Crippen LogP contribution in [0.3, 0.4) is 0 Å². The highest BCUT2D eigenvalue weighted by Gasteiger charge is 2.35. The van der Waals surface area contributed by atoms with Gasteiger partial charge in [-0.05, 0) is 31.9 Å². The molecule has 2 atom stereocenters. The number of aromatic nitrogens is 1. The Labute approximate surface area is 128 Å². The molecule has 3 rings (SSSR count). The third-order valence-corrected chi connectivity index (χ3v) is 4.82. The Morgan fingerprint density at radius 1 is 1.15 bits per heavy atom. The van der Waals surface area contributed by atoms with Gasteiger partial charge in [-0.15, -0.1) is 0 Å². The standard InChI is InChI=1S/C13H19Cl2N5/c14-8-7-9(15)13(19-16)18-12(8)17-10-4-6-20-5-2-1-3-11(10)20/h7,10-11H,1-6,16H2,(H2,17,18,19). The van der Waals surface area contributed by atoms with Gasteiger partial charge in [0, 0.05) is 18.6 Å². The summed E-state index contributed by atoms with van der Waals surface area (Å²) >= 11 is 12.2. The predicted molar refractivity (Wildman–Crippen MR) is 83.3 cm³/mol. The Morgan fingerprint density at radius 3 is 2.75 bits per heavy atom. The average Bonchev–Trinajstić information content (AvgIpc) is 2.85. The molecule has 2 aliphatic heterocycles. The molecule has 3 heterocycles. The van der Waals surface area contributed by atoms with Crippen LogP contribution in [0.4, 0.5) is 11.6 Å². The van der Waals surface area contributed by atoms with Crippen LogP contribution >= 0.6 is 23.2 Å². The summed E-state index contributed by atoms with van der Waals surface area (Å²) in [6, 6.07) is 2.65. The summed E-state index contributed by atoms with van der Waals surface area (Å²) in [6.07, 6.45) is 4.97. The lowest BCUT2D eigenvalue weighted by Crippen LogP contribution is -2.41. The Kier molecular flexibility index (Phi) is 4.21. The molecule has 0 spiro atoms. The van der Waals surface area contributed by atoms with E-state index in [1.165, 1.54) is 25.8 Å². The van der Waals surface area contributed by atoms with Crippen LogP contribution in [0.5, 0.6) is 0 Å². The smallest absolute Gasteiger partial charge is 0.161 e. The summed E-state index contributed by atoms with van der Waals surface area (Å²) in [5, 5.41) is 4.43. The van der Waals surface area contributed by atoms with Crippen molar-refractivity contribution in [1.82, 2.24) is 9.88 Å². The van der Waals surface area contributed by atoms with Crippen molar-refractivity contribution in [1.29, 1.82) is 0 Å². The van der Waals surface area contributed by atoms with Gasteiger partial charge in [-0.25, -0.2) is 10.8 Å². The first-order valence-electron chi connectivity index (χ1n) is 7.02. The largest absolute Gasteiger partial charge is 0.364 e. The Hall–Kier alpha value is -0.750. The van der Waals surface area contributed by atoms with E-state index in [9.17, 15) is 0 Å². The van der Waals surface area contributed by atoms with E-state index in [-0.39, 0.29) is 0 Å². The van der Waals surface area contributed by atoms with Crippen LogP contribution in [0.15, 0.2) is 6.07 Å². The first kappa shape index (κ1) is 14.2. The van der Waals surface area contributed by atoms with Gasteiger partial charge in [0.25, 0.3) is 0 Å². The number of nitrogen functional groups attached to an aromatic ring is 1. The predicted octanol–water partition coefficient (Wildman–Crippen LogP) is 2.71. The minimum absolute atomic E-state index is 0.395. The third-order valence-electron chi connectivity index (χ3n) is 4.24. The minimum Gasteiger partial charge on any atom is -0.364 e. The van der Waals surface area contributed by atoms with Crippen LogP contribution in [0.2, 0.25) is 10.0 Å². The number of fused-ring (bicyclic) bond motifs is 1. The number of nitrogens with zero attached hydrogens (tertiary/aromatic N) is 2. The monoisotopic (exact) mass is 315 g/mol. The van der Waals surface area contributed by atoms with Crippen LogP contribution in [-0.4, -0.2) is 35.1 Å². The second kappa shape index (κ2) is 5.93. The number of rotatable bonds is 3. The Balaban J connectivity index is 1.77. The zero-order valence-electron chi connectivity index (χ0n) is 11.2. The van der Waals surface area contributed by atoms with Crippen molar-refractivity contribution >= 4 is 34.8 Å². The van der Waals surface area contributed by atoms with Crippen molar-refractivity contribution in [3.63, 3.8) is 0 Å². The highest BCUT2D eigenvalue weighted by Crippen LogP contribution is 2.33. The molecule has 0 bridgehead atoms. The first-order chi connectivity index (χ1) is 9.69. The Bertz CT molecular complexity index is 496. The van der Waals surface area contributed by atoms with Crippen molar-refractivity contribution in [2.45, 2.75) is 37.8 Å². The quantitative estimate of drug-likeness (QED) is 0.591. The van der Waals surface area contributed by atoms with E-state index < -0.39 is 0 Å². The van der Waals surface area contributed by atoms with Crippen LogP contribution in [0.1, 0.15) is 25.7 Å². The summed E-state index contributed by atoms with van der Waals surface area (Å²) in [5.41, 5.74) is 2.49. The molecule has 2 aliphatic rings. The zero-order chi connectivity index (χ0) is 14.1. The molecule has 2 unspecified atom stereocenters. The van der Waals surface area contributed by atoms with Crippen LogP contribution < -0.4 is 16.6 Å². The SMILES string of the molecule is NNc1nc(NC2CCN3CCCCC23)c(Cl)cc1Cl. The second-order valence-corrected chi connectivity index (χ2v) is 6.25. The number of nitrogens with one attached hydrogen (secondary N) is 2. The molecule has 2 fully saturated rings. The topological polar surface area (TPSA) is 66.2 Å². The zero-order valence-corrected chi connectivity index (χ0v) is 12.7. The van der Waals surface area contributed by atoms with Crippen LogP contribution in [-0.2, 0) is 0 Å². The third kappa shape index (κ3) is 2.68. The molecule has 7 heteroatoms. The van der Waals surface area contributed by atoms with Gasteiger partial charge >= 0.3 is 0 Å². The number of hydrogen-bond donors (Lipinski definition) is 3. The van der Waals surface area contributed by atoms with E-state index in [4.69, 9.17) is 29.0 Å². The molecule has 20 heavy (non-hydrogen) atoms. The summed E-state index contributed by atoms with van der Waals surface area (Å²) < 4.78 is 0. The molecule has 0 aromatic carbocycles. The van der Waals surface area contributed by atoms with Gasteiger partial charge in [0.1, 0.15) is 5.82 Å². The molecule has 0 radical (unpaired) electrons. The molecular weight excluding hydrogens is 297 g/mol. The van der Waals surface area contributed by atoms with Gasteiger partial charge in [0.05, 0.1) is 10.0 Å². The number of anilines is 2. The molecule has 5 nitrogen and oxygen atoms in total. The molecule has 0 aliphatic carbocycles. The molecule has 1 aromatic heterocycles. The lowest BCUT2D eigenvalue weighted by molar-refractivity contribution is 0.192. The summed E-state index contributed by atoms with van der Waals surface area (Å²) in [5.74, 6) is 6.50. The minimum atomic E-state index is 0.395. The fourth-order valence-electron chi connectivity index (χ4n) is 3.26. The molecular formula is C13H19Cl2N5. The summed E-state index contributed by atoms with van der Waals surface area (Å²) in [6.45, 7) is 2.36. The highest BCUT2D eigenvalue weighted by atomic mass is 35.5. The number of nitrogens with two attached hydrogens (primary N) is 1. The average molecular weight is 316 g/mol. The molecule has 4 N–H and O–H groups in total. The van der Waals surface area contributed by atoms with Gasteiger partial charge < -0.3 is 10.7 Å². The van der Waals surface area contributed by atoms with Crippen molar-refractivity contribution in [3.05, 3.63) is 16.1 Å². The van der Waals surface area contributed by atoms with Crippen LogP contribution in [0.25, 0.3) is 0 Å². The highest BCUT2D eigenvalue weighted by molar-refractivity contribution is 6.37. The maximum absolute atomic E-state index is 6.22. The van der Waals surface area contributed by atoms with Crippen molar-refractivity contribution in [2.75, 3.05) is 23.8 Å². The van der Waals surface area contributed by atoms with Crippen molar-refractivity contribution < 1.29 is 0 Å². The van der Waals surface area contributed by atoms with E-state index in [1.54, 1.807) is 6.07 Å². The van der Waals surface area contributed by atoms with E-state index >= 15 is 0 Å². The van der Waals surface area contributed by atoms with E-state index in [0.717, 1.165) is 13.0 Å². The molecule has 2 saturated heterocycles. The number of halogens is 2. The van der Waals surface area contributed by atoms with Gasteiger partial charge in [0.15, 0.2) is 5.82 Å². The lowest BCUT2D eigenvalue weighted by Gasteiger charge is -2.32. The summed E-state index contributed by atoms with van der Waals surface area (Å²) in [4.78, 5) is 6.92. The second-order valence-electron chi connectivity index (χ2n) is 5.43. The number of hydrogen-bond acceptors (Lipinski definition) is 5.